The quantitative estimate of drug-likeness (QED) is 0.0541. The van der Waals surface area contributed by atoms with Crippen molar-refractivity contribution < 1.29 is 52.1 Å². The molecule has 24 nitrogen and oxygen atoms in total. The summed E-state index contributed by atoms with van der Waals surface area (Å²) in [6.45, 7) is 19.2. The van der Waals surface area contributed by atoms with Gasteiger partial charge in [-0.05, 0) is 179 Å². The molecule has 0 atom stereocenters. The lowest BCUT2D eigenvalue weighted by atomic mass is 10.0. The third-order valence-corrected chi connectivity index (χ3v) is 19.7. The standard InChI is InChI=1S/C29H36N4O5.C28H33FN4O4.C25H26ClN3O4/c1-6-38-29(36)25-26(23-19-20(2)7-12-24(23)33(28(25)35)18-13-30(3)4)31-14-16-32(17-15-31)27(34)21-8-10-22(37-5)11-9-21;1-5-37-28(36)24-25(22-18-19(2)6-11-23(22)33(27(24)35)17-12-30(3)4)31-13-15-32(16-14-31)26(34)20-7-9-21(29)10-8-20;1-4-33-25(32)21-22(19-15-16(2)5-10-20(19)27(3)24(21)31)28-11-13-29(14-12-28)23(30)17-6-8-18(26)9-7-17/h7-12,19H,6,13-18H2,1-5H3;6-11,18H,5,12-17H2,1-4H3;5-10,15H,4,11-14H2,1-3H3. The van der Waals surface area contributed by atoms with Crippen molar-refractivity contribution in [2.45, 2.75) is 54.6 Å². The number of pyridine rings is 3. The van der Waals surface area contributed by atoms with E-state index in [2.05, 4.69) is 0 Å². The molecule has 0 radical (unpaired) electrons. The van der Waals surface area contributed by atoms with Gasteiger partial charge in [-0.1, -0.05) is 46.5 Å². The van der Waals surface area contributed by atoms with Gasteiger partial charge in [0.15, 0.2) is 0 Å². The lowest BCUT2D eigenvalue weighted by Gasteiger charge is -2.37. The lowest BCUT2D eigenvalue weighted by molar-refractivity contribution is 0.0514. The summed E-state index contributed by atoms with van der Waals surface area (Å²) in [6, 6.07) is 37.0. The summed E-state index contributed by atoms with van der Waals surface area (Å²) in [5.41, 5.74) is 7.64. The van der Waals surface area contributed by atoms with E-state index in [1.165, 1.54) is 28.8 Å². The molecular weight excluding hydrogens is 1400 g/mol. The fraction of sp³-hybridized carbons (Fsp3) is 0.378. The summed E-state index contributed by atoms with van der Waals surface area (Å²) >= 11 is 5.94. The average molecular weight is 1500 g/mol. The number of ether oxygens (including phenoxy) is 4. The van der Waals surface area contributed by atoms with E-state index >= 15 is 0 Å². The maximum atomic E-state index is 13.8. The number of methoxy groups -OCH3 is 1. The van der Waals surface area contributed by atoms with Crippen LogP contribution in [0.5, 0.6) is 5.75 Å². The second-order valence-electron chi connectivity index (χ2n) is 27.4. The zero-order valence-electron chi connectivity index (χ0n) is 63.5. The minimum Gasteiger partial charge on any atom is -0.497 e. The van der Waals surface area contributed by atoms with Gasteiger partial charge in [-0.3, -0.25) is 28.8 Å². The van der Waals surface area contributed by atoms with Crippen LogP contribution in [-0.4, -0.2) is 221 Å². The van der Waals surface area contributed by atoms with Crippen molar-refractivity contribution in [3.8, 4) is 5.75 Å². The van der Waals surface area contributed by atoms with Crippen molar-refractivity contribution in [1.82, 2.24) is 38.2 Å². The fourth-order valence-electron chi connectivity index (χ4n) is 13.8. The van der Waals surface area contributed by atoms with Crippen molar-refractivity contribution in [2.24, 2.45) is 7.05 Å². The summed E-state index contributed by atoms with van der Waals surface area (Å²) in [4.78, 5) is 134. The first-order valence-corrected chi connectivity index (χ1v) is 36.7. The van der Waals surface area contributed by atoms with Gasteiger partial charge in [0.2, 0.25) is 0 Å². The number of esters is 3. The van der Waals surface area contributed by atoms with Crippen LogP contribution in [0.15, 0.2) is 142 Å². The zero-order valence-corrected chi connectivity index (χ0v) is 64.3. The normalized spacial score (nSPS) is 13.9. The number of hydrogen-bond acceptors (Lipinski definition) is 18. The van der Waals surface area contributed by atoms with Gasteiger partial charge < -0.3 is 71.8 Å². The molecule has 0 spiro atoms. The molecule has 0 bridgehead atoms. The van der Waals surface area contributed by atoms with Gasteiger partial charge >= 0.3 is 17.9 Å². The molecule has 0 aliphatic carbocycles. The van der Waals surface area contributed by atoms with Crippen LogP contribution < -0.4 is 36.1 Å². The molecule has 3 amide bonds. The van der Waals surface area contributed by atoms with Crippen LogP contribution >= 0.6 is 11.6 Å². The summed E-state index contributed by atoms with van der Waals surface area (Å²) in [7, 11) is 11.0. The number of benzene rings is 6. The van der Waals surface area contributed by atoms with Crippen LogP contribution in [-0.2, 0) is 34.3 Å². The van der Waals surface area contributed by atoms with Gasteiger partial charge in [-0.15, -0.1) is 0 Å². The molecule has 3 aromatic heterocycles. The summed E-state index contributed by atoms with van der Waals surface area (Å²) in [6.07, 6.45) is 0. The van der Waals surface area contributed by atoms with E-state index in [9.17, 15) is 47.5 Å². The molecule has 12 rings (SSSR count). The minimum atomic E-state index is -0.644. The van der Waals surface area contributed by atoms with E-state index in [4.69, 9.17) is 30.5 Å². The number of carbonyl (C=O) groups is 6. The van der Waals surface area contributed by atoms with Gasteiger partial charge in [0.05, 0.1) is 60.5 Å². The Morgan fingerprint density at radius 3 is 1.06 bits per heavy atom. The number of halogens is 2. The maximum absolute atomic E-state index is 13.8. The smallest absolute Gasteiger partial charge is 0.345 e. The molecule has 3 saturated heterocycles. The molecule has 26 heteroatoms. The van der Waals surface area contributed by atoms with E-state index in [0.29, 0.717) is 149 Å². The number of piperazine rings is 3. The van der Waals surface area contributed by atoms with Crippen molar-refractivity contribution in [2.75, 3.05) is 161 Å². The van der Waals surface area contributed by atoms with Gasteiger partial charge in [0, 0.05) is 150 Å². The number of amides is 3. The topological polar surface area (TPSA) is 231 Å². The minimum absolute atomic E-state index is 0.0250. The molecule has 108 heavy (non-hydrogen) atoms. The number of likely N-dealkylation sites (N-methyl/N-ethyl adjacent to an activating group) is 2. The highest BCUT2D eigenvalue weighted by Crippen LogP contribution is 2.36. The fourth-order valence-corrected chi connectivity index (χ4v) is 13.9. The van der Waals surface area contributed by atoms with Crippen molar-refractivity contribution in [1.29, 1.82) is 0 Å². The molecular formula is C82H95ClFN11O13. The van der Waals surface area contributed by atoms with Crippen LogP contribution in [0.2, 0.25) is 5.02 Å². The maximum Gasteiger partial charge on any atom is 0.345 e. The molecule has 9 aromatic rings. The molecule has 0 saturated carbocycles. The van der Waals surface area contributed by atoms with Crippen LogP contribution in [0.4, 0.5) is 21.5 Å². The van der Waals surface area contributed by atoms with Crippen LogP contribution in [0.1, 0.15) is 99.6 Å². The molecule has 6 heterocycles. The largest absolute Gasteiger partial charge is 0.497 e. The molecule has 570 valence electrons. The molecule has 6 aromatic carbocycles. The molecule has 3 aliphatic heterocycles. The van der Waals surface area contributed by atoms with Crippen molar-refractivity contribution >= 4 is 97.0 Å². The van der Waals surface area contributed by atoms with E-state index in [0.717, 1.165) is 49.4 Å². The molecule has 3 fully saturated rings. The first-order chi connectivity index (χ1) is 51.8. The summed E-state index contributed by atoms with van der Waals surface area (Å²) in [5, 5.41) is 3.04. The zero-order chi connectivity index (χ0) is 77.8. The van der Waals surface area contributed by atoms with Gasteiger partial charge in [0.25, 0.3) is 34.4 Å². The Kier molecular flexibility index (Phi) is 26.3. The Balaban J connectivity index is 0.000000173. The Morgan fingerprint density at radius 2 is 0.731 bits per heavy atom. The highest BCUT2D eigenvalue weighted by atomic mass is 35.5. The van der Waals surface area contributed by atoms with E-state index in [1.807, 2.05) is 128 Å². The number of carbonyl (C=O) groups excluding carboxylic acids is 6. The third kappa shape index (κ3) is 17.9. The van der Waals surface area contributed by atoms with Crippen LogP contribution in [0.3, 0.4) is 0 Å². The van der Waals surface area contributed by atoms with Gasteiger partial charge in [-0.25, -0.2) is 18.8 Å². The van der Waals surface area contributed by atoms with E-state index < -0.39 is 23.7 Å². The second kappa shape index (κ2) is 35.7. The number of rotatable bonds is 19. The number of anilines is 3. The Labute approximate surface area is 632 Å². The summed E-state index contributed by atoms with van der Waals surface area (Å²) < 4.78 is 39.3. The number of aryl methyl sites for hydroxylation is 4. The monoisotopic (exact) mass is 1500 g/mol. The number of nitrogens with zero attached hydrogens (tertiary/aromatic N) is 11. The molecule has 0 unspecified atom stereocenters. The van der Waals surface area contributed by atoms with Crippen molar-refractivity contribution in [3.63, 3.8) is 0 Å². The first kappa shape index (κ1) is 79.7. The Morgan fingerprint density at radius 1 is 0.426 bits per heavy atom. The lowest BCUT2D eigenvalue weighted by Crippen LogP contribution is -2.50. The van der Waals surface area contributed by atoms with Gasteiger partial charge in [-0.2, -0.15) is 0 Å². The second-order valence-corrected chi connectivity index (χ2v) is 27.8. The Bertz CT molecular complexity index is 5000. The predicted octanol–water partition coefficient (Wildman–Crippen LogP) is 9.81. The summed E-state index contributed by atoms with van der Waals surface area (Å²) in [5.74, 6) is -1.89. The number of fused-ring (bicyclic) bond motifs is 3. The third-order valence-electron chi connectivity index (χ3n) is 19.5. The number of aromatic nitrogens is 3. The van der Waals surface area contributed by atoms with Crippen LogP contribution in [0.25, 0.3) is 32.7 Å². The van der Waals surface area contributed by atoms with Crippen LogP contribution in [0, 0.1) is 26.6 Å². The Hall–Kier alpha value is -10.9. The first-order valence-electron chi connectivity index (χ1n) is 36.3. The van der Waals surface area contributed by atoms with E-state index in [-0.39, 0.29) is 70.9 Å². The molecule has 3 aliphatic rings. The number of hydrogen-bond donors (Lipinski definition) is 0. The molecule has 0 N–H and O–H groups in total. The highest BCUT2D eigenvalue weighted by Gasteiger charge is 2.35. The van der Waals surface area contributed by atoms with Gasteiger partial charge in [0.1, 0.15) is 28.3 Å². The SMILES string of the molecule is CCOC(=O)c1c(N2CCN(C(=O)c3ccc(Cl)cc3)CC2)c2cc(C)ccc2n(C)c1=O.CCOC(=O)c1c(N2CCN(C(=O)c3ccc(F)cc3)CC2)c2cc(C)ccc2n(CCN(C)C)c1=O.CCOC(=O)c1c(N2CCN(C(=O)c3ccc(OC)cc3)CC2)c2cc(C)ccc2n(CCN(C)C)c1=O. The average Bonchev–Trinajstić information content (AvgIpc) is 0.754. The highest BCUT2D eigenvalue weighted by molar-refractivity contribution is 6.30. The van der Waals surface area contributed by atoms with Crippen molar-refractivity contribution in [3.05, 3.63) is 219 Å². The predicted molar refractivity (Wildman–Crippen MR) is 420 cm³/mol. The van der Waals surface area contributed by atoms with E-state index in [1.54, 1.807) is 107 Å².